The van der Waals surface area contributed by atoms with Gasteiger partial charge in [-0.25, -0.2) is 4.39 Å². The zero-order valence-corrected chi connectivity index (χ0v) is 12.4. The van der Waals surface area contributed by atoms with Gasteiger partial charge in [-0.05, 0) is 44.0 Å². The lowest BCUT2D eigenvalue weighted by Crippen LogP contribution is -2.38. The summed E-state index contributed by atoms with van der Waals surface area (Å²) in [7, 11) is 1.47. The van der Waals surface area contributed by atoms with Crippen LogP contribution in [0, 0.1) is 5.82 Å². The highest BCUT2D eigenvalue weighted by Crippen LogP contribution is 2.23. The Morgan fingerprint density at radius 1 is 1.40 bits per heavy atom. The molecule has 2 unspecified atom stereocenters. The van der Waals surface area contributed by atoms with Gasteiger partial charge in [0, 0.05) is 18.6 Å². The van der Waals surface area contributed by atoms with Gasteiger partial charge in [0.25, 0.3) is 0 Å². The Hall–Kier alpha value is -1.13. The molecule has 0 radical (unpaired) electrons. The van der Waals surface area contributed by atoms with Gasteiger partial charge in [-0.3, -0.25) is 4.90 Å². The summed E-state index contributed by atoms with van der Waals surface area (Å²) in [5.41, 5.74) is 7.08. The lowest BCUT2D eigenvalue weighted by molar-refractivity contribution is 0.201. The summed E-state index contributed by atoms with van der Waals surface area (Å²) >= 11 is 0. The van der Waals surface area contributed by atoms with Crippen LogP contribution in [-0.4, -0.2) is 31.1 Å². The maximum atomic E-state index is 13.7. The molecule has 1 aromatic carbocycles. The van der Waals surface area contributed by atoms with Crippen molar-refractivity contribution in [2.45, 2.75) is 44.7 Å². The molecule has 3 nitrogen and oxygen atoms in total. The number of rotatable bonds is 4. The Labute approximate surface area is 120 Å². The molecule has 2 N–H and O–H groups in total. The molecular formula is C16H25FN2O. The number of nitrogens with zero attached hydrogens (tertiary/aromatic N) is 1. The third-order valence-electron chi connectivity index (χ3n) is 4.23. The Morgan fingerprint density at radius 2 is 2.20 bits per heavy atom. The van der Waals surface area contributed by atoms with E-state index in [0.717, 1.165) is 18.7 Å². The first-order valence-electron chi connectivity index (χ1n) is 7.45. The van der Waals surface area contributed by atoms with E-state index in [1.165, 1.54) is 38.9 Å². The number of ether oxygens (including phenoxy) is 1. The zero-order chi connectivity index (χ0) is 14.5. The minimum atomic E-state index is -0.343. The highest BCUT2D eigenvalue weighted by atomic mass is 19.1. The summed E-state index contributed by atoms with van der Waals surface area (Å²) in [4.78, 5) is 2.43. The van der Waals surface area contributed by atoms with E-state index in [1.54, 1.807) is 6.07 Å². The van der Waals surface area contributed by atoms with Crippen molar-refractivity contribution >= 4 is 0 Å². The number of halogens is 1. The Balaban J connectivity index is 2.03. The van der Waals surface area contributed by atoms with Crippen LogP contribution in [0.2, 0.25) is 0 Å². The van der Waals surface area contributed by atoms with E-state index in [1.807, 2.05) is 6.07 Å². The number of nitrogens with two attached hydrogens (primary N) is 1. The zero-order valence-electron chi connectivity index (χ0n) is 12.4. The minimum absolute atomic E-state index is 0.157. The molecule has 1 aliphatic rings. The quantitative estimate of drug-likeness (QED) is 0.921. The predicted octanol–water partition coefficient (Wildman–Crippen LogP) is 3.10. The summed E-state index contributed by atoms with van der Waals surface area (Å²) in [5, 5.41) is 0. The molecule has 0 bridgehead atoms. The molecule has 20 heavy (non-hydrogen) atoms. The van der Waals surface area contributed by atoms with E-state index in [2.05, 4.69) is 11.8 Å². The van der Waals surface area contributed by atoms with Gasteiger partial charge in [-0.1, -0.05) is 18.9 Å². The lowest BCUT2D eigenvalue weighted by Gasteiger charge is -2.29. The number of methoxy groups -OCH3 is 1. The first-order valence-corrected chi connectivity index (χ1v) is 7.45. The molecule has 112 valence electrons. The summed E-state index contributed by atoms with van der Waals surface area (Å²) < 4.78 is 18.7. The van der Waals surface area contributed by atoms with Crippen molar-refractivity contribution in [2.75, 3.05) is 20.2 Å². The summed E-state index contributed by atoms with van der Waals surface area (Å²) in [5.74, 6) is -0.0755. The van der Waals surface area contributed by atoms with Crippen LogP contribution in [0.25, 0.3) is 0 Å². The third kappa shape index (κ3) is 3.70. The van der Waals surface area contributed by atoms with Crippen LogP contribution in [0.3, 0.4) is 0 Å². The second kappa shape index (κ2) is 7.04. The Kier molecular flexibility index (Phi) is 5.38. The van der Waals surface area contributed by atoms with Gasteiger partial charge in [-0.2, -0.15) is 0 Å². The average molecular weight is 280 g/mol. The fourth-order valence-corrected chi connectivity index (χ4v) is 2.88. The molecule has 1 aliphatic heterocycles. The van der Waals surface area contributed by atoms with Crippen LogP contribution in [0.1, 0.15) is 44.2 Å². The van der Waals surface area contributed by atoms with Crippen LogP contribution in [0.15, 0.2) is 18.2 Å². The molecule has 0 amide bonds. The third-order valence-corrected chi connectivity index (χ3v) is 4.23. The first-order chi connectivity index (χ1) is 9.61. The monoisotopic (exact) mass is 280 g/mol. The molecule has 0 spiro atoms. The second-order valence-corrected chi connectivity index (χ2v) is 5.69. The van der Waals surface area contributed by atoms with Gasteiger partial charge in [-0.15, -0.1) is 0 Å². The van der Waals surface area contributed by atoms with Gasteiger partial charge in [0.05, 0.1) is 7.11 Å². The topological polar surface area (TPSA) is 38.5 Å². The summed E-state index contributed by atoms with van der Waals surface area (Å²) in [6, 6.07) is 5.40. The van der Waals surface area contributed by atoms with Crippen molar-refractivity contribution < 1.29 is 9.13 Å². The molecule has 2 atom stereocenters. The second-order valence-electron chi connectivity index (χ2n) is 5.69. The number of likely N-dealkylation sites (tertiary alicyclic amines) is 1. The van der Waals surface area contributed by atoms with Crippen molar-refractivity contribution in [3.05, 3.63) is 29.6 Å². The molecular weight excluding hydrogens is 255 g/mol. The van der Waals surface area contributed by atoms with Gasteiger partial charge >= 0.3 is 0 Å². The number of hydrogen-bond donors (Lipinski definition) is 1. The van der Waals surface area contributed by atoms with Crippen LogP contribution < -0.4 is 10.5 Å². The normalized spacial score (nSPS) is 22.3. The average Bonchev–Trinajstić information content (AvgIpc) is 2.64. The van der Waals surface area contributed by atoms with Crippen molar-refractivity contribution in [2.24, 2.45) is 5.73 Å². The highest BCUT2D eigenvalue weighted by molar-refractivity contribution is 5.31. The predicted molar refractivity (Wildman–Crippen MR) is 79.4 cm³/mol. The van der Waals surface area contributed by atoms with Gasteiger partial charge in [0.15, 0.2) is 11.6 Å². The van der Waals surface area contributed by atoms with Gasteiger partial charge in [0.1, 0.15) is 0 Å². The molecule has 2 rings (SSSR count). The summed E-state index contributed by atoms with van der Waals surface area (Å²) in [6.07, 6.45) is 5.05. The van der Waals surface area contributed by atoms with Crippen LogP contribution >= 0.6 is 0 Å². The molecule has 1 fully saturated rings. The van der Waals surface area contributed by atoms with E-state index in [9.17, 15) is 4.39 Å². The Bertz CT molecular complexity index is 438. The maximum absolute atomic E-state index is 13.7. The molecule has 0 saturated carbocycles. The van der Waals surface area contributed by atoms with Crippen molar-refractivity contribution in [3.63, 3.8) is 0 Å². The fraction of sp³-hybridized carbons (Fsp3) is 0.625. The SMILES string of the molecule is COc1ccc(C(N)CN2CCCCCC2C)cc1F. The lowest BCUT2D eigenvalue weighted by atomic mass is 10.1. The summed E-state index contributed by atoms with van der Waals surface area (Å²) in [6.45, 7) is 4.13. The minimum Gasteiger partial charge on any atom is -0.494 e. The van der Waals surface area contributed by atoms with E-state index < -0.39 is 0 Å². The molecule has 1 heterocycles. The molecule has 1 aromatic rings. The van der Waals surface area contributed by atoms with Crippen LogP contribution in [-0.2, 0) is 0 Å². The number of benzene rings is 1. The van der Waals surface area contributed by atoms with E-state index in [4.69, 9.17) is 10.5 Å². The number of hydrogen-bond acceptors (Lipinski definition) is 3. The van der Waals surface area contributed by atoms with Crippen molar-refractivity contribution in [1.29, 1.82) is 0 Å². The van der Waals surface area contributed by atoms with Gasteiger partial charge < -0.3 is 10.5 Å². The standard InChI is InChI=1S/C16H25FN2O/c1-12-6-4-3-5-9-19(12)11-15(18)13-7-8-16(20-2)14(17)10-13/h7-8,10,12,15H,3-6,9,11,18H2,1-2H3. The molecule has 4 heteroatoms. The first kappa shape index (κ1) is 15.3. The van der Waals surface area contributed by atoms with E-state index in [-0.39, 0.29) is 17.6 Å². The van der Waals surface area contributed by atoms with Crippen molar-refractivity contribution in [1.82, 2.24) is 4.90 Å². The highest BCUT2D eigenvalue weighted by Gasteiger charge is 2.20. The largest absolute Gasteiger partial charge is 0.494 e. The van der Waals surface area contributed by atoms with E-state index >= 15 is 0 Å². The molecule has 0 aromatic heterocycles. The van der Waals surface area contributed by atoms with E-state index in [0.29, 0.717) is 6.04 Å². The van der Waals surface area contributed by atoms with Crippen LogP contribution in [0.4, 0.5) is 4.39 Å². The van der Waals surface area contributed by atoms with Gasteiger partial charge in [0.2, 0.25) is 0 Å². The maximum Gasteiger partial charge on any atom is 0.165 e. The Morgan fingerprint density at radius 3 is 2.90 bits per heavy atom. The molecule has 1 saturated heterocycles. The smallest absolute Gasteiger partial charge is 0.165 e. The fourth-order valence-electron chi connectivity index (χ4n) is 2.88. The van der Waals surface area contributed by atoms with Crippen LogP contribution in [0.5, 0.6) is 5.75 Å². The van der Waals surface area contributed by atoms with Crippen molar-refractivity contribution in [3.8, 4) is 5.75 Å². The molecule has 0 aliphatic carbocycles.